The average Bonchev–Trinajstić information content (AvgIpc) is 2.41. The van der Waals surface area contributed by atoms with Gasteiger partial charge in [0.05, 0.1) is 0 Å². The summed E-state index contributed by atoms with van der Waals surface area (Å²) in [6.07, 6.45) is 0. The van der Waals surface area contributed by atoms with Crippen LogP contribution in [0.25, 0.3) is 11.0 Å². The first-order valence-corrected chi connectivity index (χ1v) is 12.3. The molecule has 0 amide bonds. The molecule has 0 spiro atoms. The molecule has 0 bridgehead atoms. The molecular formula is C12H16GeO. The molecule has 74 valence electrons. The van der Waals surface area contributed by atoms with Crippen LogP contribution in [0.1, 0.15) is 5.76 Å². The van der Waals surface area contributed by atoms with Crippen molar-refractivity contribution in [2.45, 2.75) is 24.2 Å². The van der Waals surface area contributed by atoms with Gasteiger partial charge < -0.3 is 0 Å². The van der Waals surface area contributed by atoms with E-state index in [2.05, 4.69) is 41.5 Å². The van der Waals surface area contributed by atoms with Crippen molar-refractivity contribution in [2.75, 3.05) is 0 Å². The first-order valence-electron chi connectivity index (χ1n) is 4.97. The third-order valence-electron chi connectivity index (χ3n) is 2.51. The second-order valence-electron chi connectivity index (χ2n) is 4.86. The van der Waals surface area contributed by atoms with Gasteiger partial charge in [0.1, 0.15) is 0 Å². The fourth-order valence-electron chi connectivity index (χ4n) is 1.64. The zero-order chi connectivity index (χ0) is 10.3. The Bertz CT molecular complexity index is 463. The molecule has 2 rings (SSSR count). The van der Waals surface area contributed by atoms with Crippen LogP contribution in [0.5, 0.6) is 0 Å². The first kappa shape index (κ1) is 9.84. The molecule has 0 radical (unpaired) electrons. The third kappa shape index (κ3) is 1.73. The number of rotatable bonds is 1. The van der Waals surface area contributed by atoms with Gasteiger partial charge in [-0.05, 0) is 0 Å². The van der Waals surface area contributed by atoms with Gasteiger partial charge in [-0.15, -0.1) is 0 Å². The van der Waals surface area contributed by atoms with Crippen LogP contribution in [0.15, 0.2) is 28.7 Å². The van der Waals surface area contributed by atoms with E-state index in [1.54, 1.807) is 4.40 Å². The molecule has 2 heteroatoms. The second-order valence-corrected chi connectivity index (χ2v) is 15.5. The van der Waals surface area contributed by atoms with Crippen LogP contribution < -0.4 is 4.40 Å². The van der Waals surface area contributed by atoms with Gasteiger partial charge in [-0.25, -0.2) is 0 Å². The molecule has 2 aromatic rings. The van der Waals surface area contributed by atoms with E-state index in [-0.39, 0.29) is 0 Å². The number of hydrogen-bond donors (Lipinski definition) is 0. The predicted molar refractivity (Wildman–Crippen MR) is 63.9 cm³/mol. The van der Waals surface area contributed by atoms with Crippen molar-refractivity contribution in [3.8, 4) is 0 Å². The summed E-state index contributed by atoms with van der Waals surface area (Å²) in [6.45, 7) is 2.00. The van der Waals surface area contributed by atoms with Gasteiger partial charge >= 0.3 is 87.3 Å². The van der Waals surface area contributed by atoms with Crippen LogP contribution in [0.2, 0.25) is 17.3 Å². The molecule has 1 heterocycles. The zero-order valence-electron chi connectivity index (χ0n) is 9.22. The summed E-state index contributed by atoms with van der Waals surface area (Å²) in [5, 5.41) is 1.25. The topological polar surface area (TPSA) is 13.1 Å². The Morgan fingerprint density at radius 1 is 1.07 bits per heavy atom. The number of benzene rings is 1. The van der Waals surface area contributed by atoms with E-state index in [0.29, 0.717) is 0 Å². The summed E-state index contributed by atoms with van der Waals surface area (Å²) in [6, 6.07) is 8.75. The van der Waals surface area contributed by atoms with E-state index < -0.39 is 13.3 Å². The Kier molecular flexibility index (Phi) is 2.22. The fraction of sp³-hybridized carbons (Fsp3) is 0.333. The summed E-state index contributed by atoms with van der Waals surface area (Å²) in [5.41, 5.74) is 1.01. The molecule has 0 fully saturated rings. The van der Waals surface area contributed by atoms with Crippen LogP contribution in [0.3, 0.4) is 0 Å². The summed E-state index contributed by atoms with van der Waals surface area (Å²) in [5.74, 6) is 8.23. The molecule has 0 unspecified atom stereocenters. The van der Waals surface area contributed by atoms with E-state index in [1.807, 2.05) is 6.92 Å². The Morgan fingerprint density at radius 2 is 1.79 bits per heavy atom. The van der Waals surface area contributed by atoms with Gasteiger partial charge in [0.15, 0.2) is 0 Å². The summed E-state index contributed by atoms with van der Waals surface area (Å²) < 4.78 is 7.10. The van der Waals surface area contributed by atoms with Crippen molar-refractivity contribution in [3.05, 3.63) is 30.0 Å². The maximum absolute atomic E-state index is 5.56. The molecule has 1 aromatic heterocycles. The van der Waals surface area contributed by atoms with Crippen molar-refractivity contribution < 1.29 is 4.42 Å². The normalized spacial score (nSPS) is 12.3. The molecule has 0 saturated heterocycles. The molecule has 0 aliphatic carbocycles. The quantitative estimate of drug-likeness (QED) is 0.706. The van der Waals surface area contributed by atoms with Crippen LogP contribution >= 0.6 is 0 Å². The number of fused-ring (bicyclic) bond motifs is 1. The molecule has 1 aromatic carbocycles. The molecule has 0 atom stereocenters. The van der Waals surface area contributed by atoms with Gasteiger partial charge in [0.2, 0.25) is 0 Å². The molecule has 1 nitrogen and oxygen atoms in total. The van der Waals surface area contributed by atoms with E-state index in [1.165, 1.54) is 5.39 Å². The van der Waals surface area contributed by atoms with Crippen LogP contribution in [-0.2, 0) is 0 Å². The Morgan fingerprint density at radius 3 is 2.43 bits per heavy atom. The summed E-state index contributed by atoms with van der Waals surface area (Å²) in [7, 11) is 0. The number of hydrogen-bond acceptors (Lipinski definition) is 1. The third-order valence-corrected chi connectivity index (χ3v) is 6.79. The summed E-state index contributed by atoms with van der Waals surface area (Å²) >= 11 is -1.67. The van der Waals surface area contributed by atoms with Crippen molar-refractivity contribution in [1.29, 1.82) is 0 Å². The molecule has 0 N–H and O–H groups in total. The van der Waals surface area contributed by atoms with Gasteiger partial charge in [-0.3, -0.25) is 0 Å². The standard InChI is InChI=1S/C12H16GeO/c1-9-7-10-8-11(13(2,3)4)5-6-12(10)14-9/h5-8H,1-4H3. The number of aryl methyl sites for hydroxylation is 1. The molecule has 0 saturated carbocycles. The van der Waals surface area contributed by atoms with E-state index >= 15 is 0 Å². The average molecular weight is 249 g/mol. The minimum absolute atomic E-state index is 0.999. The van der Waals surface area contributed by atoms with Gasteiger partial charge in [0.25, 0.3) is 0 Å². The van der Waals surface area contributed by atoms with Crippen LogP contribution in [0, 0.1) is 6.92 Å². The summed E-state index contributed by atoms with van der Waals surface area (Å²) in [4.78, 5) is 0. The van der Waals surface area contributed by atoms with E-state index in [9.17, 15) is 0 Å². The van der Waals surface area contributed by atoms with Crippen molar-refractivity contribution in [1.82, 2.24) is 0 Å². The minimum atomic E-state index is -1.67. The van der Waals surface area contributed by atoms with Crippen LogP contribution in [-0.4, -0.2) is 13.3 Å². The fourth-order valence-corrected chi connectivity index (χ4v) is 4.10. The van der Waals surface area contributed by atoms with Gasteiger partial charge in [0, 0.05) is 0 Å². The Hall–Kier alpha value is -0.697. The molecule has 14 heavy (non-hydrogen) atoms. The Balaban J connectivity index is 2.62. The molecular weight excluding hydrogens is 233 g/mol. The predicted octanol–water partition coefficient (Wildman–Crippen LogP) is 3.29. The monoisotopic (exact) mass is 250 g/mol. The first-order chi connectivity index (χ1) is 6.47. The molecule has 0 aliphatic heterocycles. The van der Waals surface area contributed by atoms with Crippen molar-refractivity contribution in [2.24, 2.45) is 0 Å². The van der Waals surface area contributed by atoms with Gasteiger partial charge in [-0.2, -0.15) is 0 Å². The van der Waals surface area contributed by atoms with Crippen LogP contribution in [0.4, 0.5) is 0 Å². The zero-order valence-corrected chi connectivity index (χ0v) is 11.3. The second kappa shape index (κ2) is 3.16. The van der Waals surface area contributed by atoms with Crippen molar-refractivity contribution in [3.63, 3.8) is 0 Å². The number of furan rings is 1. The van der Waals surface area contributed by atoms with E-state index in [0.717, 1.165) is 11.3 Å². The van der Waals surface area contributed by atoms with E-state index in [4.69, 9.17) is 4.42 Å². The molecule has 0 aliphatic rings. The Labute approximate surface area is 87.5 Å². The van der Waals surface area contributed by atoms with Crippen molar-refractivity contribution >= 4 is 28.6 Å². The SMILES string of the molecule is Cc1cc2c[c]([Ge]([CH3])([CH3])[CH3])ccc2o1. The van der Waals surface area contributed by atoms with Gasteiger partial charge in [-0.1, -0.05) is 0 Å². The maximum atomic E-state index is 5.56.